The molecule has 0 unspecified atom stereocenters. The lowest BCUT2D eigenvalue weighted by Crippen LogP contribution is -2.62. The number of hydrazine groups is 1. The lowest BCUT2D eigenvalue weighted by atomic mass is 9.93. The highest BCUT2D eigenvalue weighted by Gasteiger charge is 2.38. The van der Waals surface area contributed by atoms with Crippen LogP contribution in [-0.4, -0.2) is 52.3 Å². The zero-order valence-corrected chi connectivity index (χ0v) is 19.4. The van der Waals surface area contributed by atoms with Crippen molar-refractivity contribution in [2.45, 2.75) is 97.6 Å². The van der Waals surface area contributed by atoms with Crippen molar-refractivity contribution in [3.63, 3.8) is 0 Å². The van der Waals surface area contributed by atoms with E-state index >= 15 is 0 Å². The average molecular weight is 441 g/mol. The molecule has 1 saturated heterocycles. The van der Waals surface area contributed by atoms with Gasteiger partial charge in [0.15, 0.2) is 5.78 Å². The van der Waals surface area contributed by atoms with Crippen LogP contribution in [0, 0.1) is 11.8 Å². The number of rotatable bonds is 13. The van der Waals surface area contributed by atoms with E-state index in [-0.39, 0.29) is 29.9 Å². The fourth-order valence-electron chi connectivity index (χ4n) is 3.88. The van der Waals surface area contributed by atoms with Crippen molar-refractivity contribution in [3.05, 3.63) is 0 Å². The second kappa shape index (κ2) is 14.1. The van der Waals surface area contributed by atoms with Crippen molar-refractivity contribution in [1.82, 2.24) is 21.2 Å². The first-order valence-corrected chi connectivity index (χ1v) is 11.6. The summed E-state index contributed by atoms with van der Waals surface area (Å²) in [5.41, 5.74) is 4.61. The van der Waals surface area contributed by atoms with E-state index in [9.17, 15) is 19.2 Å². The smallest absolute Gasteiger partial charge is 0.245 e. The predicted molar refractivity (Wildman–Crippen MR) is 117 cm³/mol. The van der Waals surface area contributed by atoms with Gasteiger partial charge in [0.1, 0.15) is 6.04 Å². The molecular formula is C22H40N4O5. The molecule has 0 aliphatic carbocycles. The molecule has 178 valence electrons. The fraction of sp³-hybridized carbons (Fsp3) is 0.818. The van der Waals surface area contributed by atoms with Crippen LogP contribution in [-0.2, 0) is 19.2 Å². The Morgan fingerprint density at radius 2 is 1.87 bits per heavy atom. The van der Waals surface area contributed by atoms with Crippen molar-refractivity contribution < 1.29 is 24.4 Å². The lowest BCUT2D eigenvalue weighted by Gasteiger charge is -2.38. The van der Waals surface area contributed by atoms with Gasteiger partial charge in [0.2, 0.25) is 17.7 Å². The first-order chi connectivity index (χ1) is 14.8. The molecule has 1 aliphatic rings. The molecule has 1 rings (SSSR count). The molecule has 0 saturated carbocycles. The Bertz CT molecular complexity index is 613. The molecule has 9 heteroatoms. The van der Waals surface area contributed by atoms with Crippen molar-refractivity contribution in [2.24, 2.45) is 11.8 Å². The number of ketones is 1. The van der Waals surface area contributed by atoms with Gasteiger partial charge in [-0.05, 0) is 25.2 Å². The molecule has 3 amide bonds. The van der Waals surface area contributed by atoms with Crippen LogP contribution >= 0.6 is 0 Å². The maximum Gasteiger partial charge on any atom is 0.245 e. The maximum atomic E-state index is 13.3. The monoisotopic (exact) mass is 440 g/mol. The van der Waals surface area contributed by atoms with Gasteiger partial charge in [-0.1, -0.05) is 53.4 Å². The van der Waals surface area contributed by atoms with Crippen molar-refractivity contribution in [3.8, 4) is 0 Å². The number of nitrogens with one attached hydrogen (secondary N) is 3. The Morgan fingerprint density at radius 3 is 2.45 bits per heavy atom. The van der Waals surface area contributed by atoms with E-state index in [2.05, 4.69) is 17.7 Å². The number of amides is 3. The summed E-state index contributed by atoms with van der Waals surface area (Å²) >= 11 is 0. The van der Waals surface area contributed by atoms with Crippen LogP contribution < -0.4 is 16.2 Å². The van der Waals surface area contributed by atoms with E-state index < -0.39 is 23.9 Å². The number of hydrogen-bond donors (Lipinski definition) is 4. The highest BCUT2D eigenvalue weighted by Crippen LogP contribution is 2.21. The van der Waals surface area contributed by atoms with E-state index in [4.69, 9.17) is 5.21 Å². The third-order valence-electron chi connectivity index (χ3n) is 6.06. The SMILES string of the molecule is CCCCC[C@@H](CC(=O)NO)C(=O)N1NCCC[C@@H]1C(=O)N[C@H](C(=O)CC)[C@H](C)CC. The third kappa shape index (κ3) is 8.22. The molecule has 1 fully saturated rings. The van der Waals surface area contributed by atoms with E-state index in [0.717, 1.165) is 32.1 Å². The van der Waals surface area contributed by atoms with Gasteiger partial charge in [-0.15, -0.1) is 0 Å². The van der Waals surface area contributed by atoms with Gasteiger partial charge in [-0.25, -0.2) is 10.9 Å². The van der Waals surface area contributed by atoms with E-state index in [1.54, 1.807) is 12.4 Å². The number of unbranched alkanes of at least 4 members (excludes halogenated alkanes) is 2. The molecule has 1 heterocycles. The van der Waals surface area contributed by atoms with E-state index in [1.165, 1.54) is 5.01 Å². The van der Waals surface area contributed by atoms with Crippen LogP contribution in [0.15, 0.2) is 0 Å². The Balaban J connectivity index is 3.00. The number of Topliss-reactive ketones (excluding diaryl/α,β-unsaturated/α-hetero) is 1. The normalized spacial score (nSPS) is 19.3. The van der Waals surface area contributed by atoms with Crippen molar-refractivity contribution in [2.75, 3.05) is 6.54 Å². The zero-order valence-electron chi connectivity index (χ0n) is 19.4. The molecule has 4 atom stereocenters. The number of carbonyl (C=O) groups is 4. The lowest BCUT2D eigenvalue weighted by molar-refractivity contribution is -0.152. The standard InChI is InChI=1S/C22H40N4O5/c1-5-8-9-11-16(14-19(28)25-31)22(30)26-17(12-10-13-23-26)21(29)24-20(15(4)6-2)18(27)7-3/h15-17,20,23,31H,5-14H2,1-4H3,(H,24,29)(H,25,28)/t15-,16+,17-,20+/m1/s1. The highest BCUT2D eigenvalue weighted by molar-refractivity contribution is 5.93. The van der Waals surface area contributed by atoms with Crippen LogP contribution in [0.4, 0.5) is 0 Å². The molecule has 0 spiro atoms. The van der Waals surface area contributed by atoms with Crippen LogP contribution in [0.25, 0.3) is 0 Å². The Hall–Kier alpha value is -2.00. The quantitative estimate of drug-likeness (QED) is 0.197. The van der Waals surface area contributed by atoms with Crippen molar-refractivity contribution >= 4 is 23.5 Å². The van der Waals surface area contributed by atoms with Gasteiger partial charge in [0.05, 0.1) is 6.04 Å². The van der Waals surface area contributed by atoms with Gasteiger partial charge in [0.25, 0.3) is 0 Å². The second-order valence-corrected chi connectivity index (χ2v) is 8.40. The van der Waals surface area contributed by atoms with Gasteiger partial charge in [-0.3, -0.25) is 29.4 Å². The van der Waals surface area contributed by atoms with Crippen LogP contribution in [0.5, 0.6) is 0 Å². The Morgan fingerprint density at radius 1 is 1.16 bits per heavy atom. The summed E-state index contributed by atoms with van der Waals surface area (Å²) in [5, 5.41) is 13.1. The third-order valence-corrected chi connectivity index (χ3v) is 6.06. The summed E-state index contributed by atoms with van der Waals surface area (Å²) < 4.78 is 0. The molecule has 9 nitrogen and oxygen atoms in total. The molecule has 0 aromatic carbocycles. The summed E-state index contributed by atoms with van der Waals surface area (Å²) in [6.07, 6.45) is 5.30. The maximum absolute atomic E-state index is 13.3. The minimum absolute atomic E-state index is 0.00727. The summed E-state index contributed by atoms with van der Waals surface area (Å²) in [7, 11) is 0. The molecule has 4 N–H and O–H groups in total. The first-order valence-electron chi connectivity index (χ1n) is 11.6. The van der Waals surface area contributed by atoms with Gasteiger partial charge < -0.3 is 5.32 Å². The molecule has 0 aromatic rings. The Labute approximate surface area is 185 Å². The highest BCUT2D eigenvalue weighted by atomic mass is 16.5. The first kappa shape index (κ1) is 27.0. The number of hydrogen-bond acceptors (Lipinski definition) is 6. The number of carbonyl (C=O) groups excluding carboxylic acids is 4. The number of nitrogens with zero attached hydrogens (tertiary/aromatic N) is 1. The average Bonchev–Trinajstić information content (AvgIpc) is 2.80. The van der Waals surface area contributed by atoms with E-state index in [0.29, 0.717) is 25.8 Å². The Kier molecular flexibility index (Phi) is 12.3. The fourth-order valence-corrected chi connectivity index (χ4v) is 3.88. The molecule has 31 heavy (non-hydrogen) atoms. The van der Waals surface area contributed by atoms with Gasteiger partial charge >= 0.3 is 0 Å². The predicted octanol–water partition coefficient (Wildman–Crippen LogP) is 2.08. The molecule has 0 bridgehead atoms. The summed E-state index contributed by atoms with van der Waals surface area (Å²) in [6, 6.07) is -1.33. The second-order valence-electron chi connectivity index (χ2n) is 8.40. The van der Waals surface area contributed by atoms with Crippen LogP contribution in [0.2, 0.25) is 0 Å². The summed E-state index contributed by atoms with van der Waals surface area (Å²) in [4.78, 5) is 50.5. The molecule has 0 radical (unpaired) electrons. The molecular weight excluding hydrogens is 400 g/mol. The summed E-state index contributed by atoms with van der Waals surface area (Å²) in [6.45, 7) is 8.27. The summed E-state index contributed by atoms with van der Waals surface area (Å²) in [5.74, 6) is -1.98. The molecule has 1 aliphatic heterocycles. The largest absolute Gasteiger partial charge is 0.344 e. The number of hydroxylamine groups is 1. The molecule has 0 aromatic heterocycles. The zero-order chi connectivity index (χ0) is 23.4. The minimum atomic E-state index is -0.747. The topological polar surface area (TPSA) is 128 Å². The van der Waals surface area contributed by atoms with E-state index in [1.807, 2.05) is 13.8 Å². The van der Waals surface area contributed by atoms with Crippen molar-refractivity contribution in [1.29, 1.82) is 0 Å². The van der Waals surface area contributed by atoms with Crippen LogP contribution in [0.3, 0.4) is 0 Å². The van der Waals surface area contributed by atoms with Crippen LogP contribution in [0.1, 0.15) is 85.5 Å². The van der Waals surface area contributed by atoms with Gasteiger partial charge in [-0.2, -0.15) is 0 Å². The minimum Gasteiger partial charge on any atom is -0.344 e. The van der Waals surface area contributed by atoms with Gasteiger partial charge in [0, 0.05) is 25.3 Å².